The maximum Gasteiger partial charge on any atom is 0.274 e. The molecule has 0 spiro atoms. The van der Waals surface area contributed by atoms with Crippen LogP contribution in [0.15, 0.2) is 18.2 Å². The molecule has 1 aromatic carbocycles. The van der Waals surface area contributed by atoms with E-state index in [1.165, 1.54) is 12.1 Å². The summed E-state index contributed by atoms with van der Waals surface area (Å²) >= 11 is 0. The molecule has 1 atom stereocenters. The number of rotatable bonds is 3. The number of piperazine rings is 1. The van der Waals surface area contributed by atoms with Crippen molar-refractivity contribution < 1.29 is 13.6 Å². The van der Waals surface area contributed by atoms with Crippen molar-refractivity contribution in [2.24, 2.45) is 0 Å². The van der Waals surface area contributed by atoms with E-state index in [-0.39, 0.29) is 24.1 Å². The number of nitrogens with one attached hydrogen (secondary N) is 1. The zero-order chi connectivity index (χ0) is 18.1. The highest BCUT2D eigenvalue weighted by Gasteiger charge is 2.29. The number of hydrogen-bond acceptors (Lipinski definition) is 3. The second-order valence-corrected chi connectivity index (χ2v) is 6.66. The van der Waals surface area contributed by atoms with Gasteiger partial charge in [-0.2, -0.15) is 5.10 Å². The Kier molecular flexibility index (Phi) is 4.85. The molecule has 134 valence electrons. The fourth-order valence-corrected chi connectivity index (χ4v) is 3.17. The lowest BCUT2D eigenvalue weighted by Gasteiger charge is -2.39. The van der Waals surface area contributed by atoms with E-state index in [0.717, 1.165) is 5.69 Å². The minimum atomic E-state index is -0.527. The average molecular weight is 348 g/mol. The molecule has 1 N–H and O–H groups in total. The molecular formula is C18H22F2N4O. The third kappa shape index (κ3) is 3.56. The zero-order valence-corrected chi connectivity index (χ0v) is 14.6. The second-order valence-electron chi connectivity index (χ2n) is 6.66. The van der Waals surface area contributed by atoms with E-state index < -0.39 is 11.6 Å². The average Bonchev–Trinajstić information content (AvgIpc) is 3.02. The monoisotopic (exact) mass is 348 g/mol. The van der Waals surface area contributed by atoms with Crippen molar-refractivity contribution >= 4 is 5.91 Å². The van der Waals surface area contributed by atoms with E-state index in [9.17, 15) is 13.6 Å². The van der Waals surface area contributed by atoms with Gasteiger partial charge >= 0.3 is 0 Å². The summed E-state index contributed by atoms with van der Waals surface area (Å²) in [6, 6.07) is 4.46. The molecule has 25 heavy (non-hydrogen) atoms. The van der Waals surface area contributed by atoms with Gasteiger partial charge in [-0.25, -0.2) is 8.78 Å². The van der Waals surface area contributed by atoms with Gasteiger partial charge in [-0.1, -0.05) is 6.07 Å². The number of amides is 1. The van der Waals surface area contributed by atoms with Crippen LogP contribution in [-0.2, 0) is 6.54 Å². The normalized spacial score (nSPS) is 18.6. The van der Waals surface area contributed by atoms with Gasteiger partial charge in [-0.3, -0.25) is 14.8 Å². The van der Waals surface area contributed by atoms with Gasteiger partial charge in [0.1, 0.15) is 17.3 Å². The number of aryl methyl sites for hydroxylation is 2. The lowest BCUT2D eigenvalue weighted by molar-refractivity contribution is 0.0484. The summed E-state index contributed by atoms with van der Waals surface area (Å²) in [5.74, 6) is -1.14. The topological polar surface area (TPSA) is 52.2 Å². The largest absolute Gasteiger partial charge is 0.334 e. The molecule has 5 nitrogen and oxygen atoms in total. The Morgan fingerprint density at radius 2 is 2.08 bits per heavy atom. The molecule has 1 aromatic heterocycles. The Hall–Kier alpha value is -2.28. The molecule has 1 aliphatic heterocycles. The second kappa shape index (κ2) is 6.92. The van der Waals surface area contributed by atoms with Gasteiger partial charge in [-0.05, 0) is 38.5 Å². The lowest BCUT2D eigenvalue weighted by Crippen LogP contribution is -2.53. The van der Waals surface area contributed by atoms with Crippen molar-refractivity contribution in [3.05, 3.63) is 52.3 Å². The third-order valence-electron chi connectivity index (χ3n) is 4.72. The van der Waals surface area contributed by atoms with Crippen molar-refractivity contribution in [2.45, 2.75) is 33.4 Å². The van der Waals surface area contributed by atoms with Crippen molar-refractivity contribution in [3.63, 3.8) is 0 Å². The first kappa shape index (κ1) is 17.5. The first-order valence-electron chi connectivity index (χ1n) is 8.35. The third-order valence-corrected chi connectivity index (χ3v) is 4.72. The fourth-order valence-electron chi connectivity index (χ4n) is 3.17. The highest BCUT2D eigenvalue weighted by Crippen LogP contribution is 2.21. The van der Waals surface area contributed by atoms with Crippen LogP contribution in [0.2, 0.25) is 0 Å². The minimum Gasteiger partial charge on any atom is -0.334 e. The van der Waals surface area contributed by atoms with Gasteiger partial charge in [0, 0.05) is 43.5 Å². The van der Waals surface area contributed by atoms with Crippen LogP contribution in [0.4, 0.5) is 8.78 Å². The Morgan fingerprint density at radius 3 is 2.72 bits per heavy atom. The Morgan fingerprint density at radius 1 is 1.32 bits per heavy atom. The van der Waals surface area contributed by atoms with E-state index in [1.807, 2.05) is 18.7 Å². The maximum absolute atomic E-state index is 14.2. The molecule has 1 aliphatic rings. The summed E-state index contributed by atoms with van der Waals surface area (Å²) in [6.45, 7) is 7.19. The first-order chi connectivity index (χ1) is 11.9. The molecule has 2 aromatic rings. The summed E-state index contributed by atoms with van der Waals surface area (Å²) in [7, 11) is 0. The smallest absolute Gasteiger partial charge is 0.274 e. The minimum absolute atomic E-state index is 0.00273. The molecule has 0 aliphatic carbocycles. The van der Waals surface area contributed by atoms with E-state index >= 15 is 0 Å². The van der Waals surface area contributed by atoms with Gasteiger partial charge in [-0.15, -0.1) is 0 Å². The van der Waals surface area contributed by atoms with Gasteiger partial charge in [0.15, 0.2) is 0 Å². The van der Waals surface area contributed by atoms with Crippen molar-refractivity contribution in [2.75, 3.05) is 19.6 Å². The van der Waals surface area contributed by atoms with Gasteiger partial charge < -0.3 is 4.90 Å². The van der Waals surface area contributed by atoms with E-state index in [4.69, 9.17) is 0 Å². The quantitative estimate of drug-likeness (QED) is 0.928. The van der Waals surface area contributed by atoms with Crippen LogP contribution in [-0.4, -0.2) is 51.6 Å². The fraction of sp³-hybridized carbons (Fsp3) is 0.444. The summed E-state index contributed by atoms with van der Waals surface area (Å²) in [5.41, 5.74) is 1.76. The van der Waals surface area contributed by atoms with Crippen LogP contribution in [0.1, 0.15) is 34.2 Å². The SMILES string of the molecule is Cc1cc(C(=O)N2CCN(Cc3c(F)ccc(C)c3F)[C@H](C)C2)n[nH]1. The molecule has 0 unspecified atom stereocenters. The lowest BCUT2D eigenvalue weighted by atomic mass is 10.1. The van der Waals surface area contributed by atoms with Crippen LogP contribution >= 0.6 is 0 Å². The number of H-pyrrole nitrogens is 1. The number of hydrogen-bond donors (Lipinski definition) is 1. The van der Waals surface area contributed by atoms with Crippen LogP contribution in [0.25, 0.3) is 0 Å². The standard InChI is InChI=1S/C18H22F2N4O/c1-11-4-5-15(19)14(17(11)20)10-23-6-7-24(9-13(23)3)18(25)16-8-12(2)21-22-16/h4-5,8,13H,6-7,9-10H2,1-3H3,(H,21,22)/t13-/m1/s1. The van der Waals surface area contributed by atoms with Crippen LogP contribution in [0.3, 0.4) is 0 Å². The number of nitrogens with zero attached hydrogens (tertiary/aromatic N) is 3. The molecule has 1 fully saturated rings. The van der Waals surface area contributed by atoms with Crippen molar-refractivity contribution in [3.8, 4) is 0 Å². The van der Waals surface area contributed by atoms with Crippen molar-refractivity contribution in [1.29, 1.82) is 0 Å². The molecule has 0 saturated carbocycles. The van der Waals surface area contributed by atoms with Gasteiger partial charge in [0.2, 0.25) is 0 Å². The van der Waals surface area contributed by atoms with E-state index in [1.54, 1.807) is 17.9 Å². The molecule has 0 bridgehead atoms. The van der Waals surface area contributed by atoms with Crippen LogP contribution < -0.4 is 0 Å². The van der Waals surface area contributed by atoms with Gasteiger partial charge in [0.25, 0.3) is 5.91 Å². The molecule has 1 amide bonds. The summed E-state index contributed by atoms with van der Waals surface area (Å²) in [6.07, 6.45) is 0. The van der Waals surface area contributed by atoms with Crippen molar-refractivity contribution in [1.82, 2.24) is 20.0 Å². The van der Waals surface area contributed by atoms with Crippen LogP contribution in [0.5, 0.6) is 0 Å². The summed E-state index contributed by atoms with van der Waals surface area (Å²) in [4.78, 5) is 16.2. The molecule has 1 saturated heterocycles. The van der Waals surface area contributed by atoms with E-state index in [0.29, 0.717) is 30.9 Å². The molecule has 2 heterocycles. The first-order valence-corrected chi connectivity index (χ1v) is 8.35. The number of carbonyl (C=O) groups is 1. The number of halogens is 2. The Bertz CT molecular complexity index is 789. The predicted molar refractivity (Wildman–Crippen MR) is 90.2 cm³/mol. The number of benzene rings is 1. The number of aromatic nitrogens is 2. The number of carbonyl (C=O) groups excluding carboxylic acids is 1. The molecule has 3 rings (SSSR count). The summed E-state index contributed by atoms with van der Waals surface area (Å²) < 4.78 is 28.2. The Labute approximate surface area is 145 Å². The molecule has 7 heteroatoms. The zero-order valence-electron chi connectivity index (χ0n) is 14.6. The van der Waals surface area contributed by atoms with Crippen LogP contribution in [0, 0.1) is 25.5 Å². The van der Waals surface area contributed by atoms with E-state index in [2.05, 4.69) is 10.2 Å². The maximum atomic E-state index is 14.2. The molecular weight excluding hydrogens is 326 g/mol. The number of aromatic amines is 1. The highest BCUT2D eigenvalue weighted by atomic mass is 19.1. The summed E-state index contributed by atoms with van der Waals surface area (Å²) in [5, 5.41) is 6.77. The highest BCUT2D eigenvalue weighted by molar-refractivity contribution is 5.92. The molecule has 0 radical (unpaired) electrons. The Balaban J connectivity index is 1.68. The van der Waals surface area contributed by atoms with Gasteiger partial charge in [0.05, 0.1) is 0 Å². The predicted octanol–water partition coefficient (Wildman–Crippen LogP) is 2.65.